The second kappa shape index (κ2) is 3.88. The Kier molecular flexibility index (Phi) is 3.00. The molecule has 5 heteroatoms. The van der Waals surface area contributed by atoms with Gasteiger partial charge in [-0.2, -0.15) is 0 Å². The van der Waals surface area contributed by atoms with Crippen molar-refractivity contribution in [2.24, 2.45) is 0 Å². The zero-order chi connectivity index (χ0) is 10.8. The molecule has 0 heterocycles. The van der Waals surface area contributed by atoms with Gasteiger partial charge >= 0.3 is 0 Å². The lowest BCUT2D eigenvalue weighted by Gasteiger charge is -2.20. The summed E-state index contributed by atoms with van der Waals surface area (Å²) in [6.45, 7) is 3.74. The molecule has 2 N–H and O–H groups in total. The molecule has 0 aliphatic carbocycles. The standard InChI is InChI=1S/C9H13N2O2S/c1-3-11(14(2,12)13)9-6-4-8(10)5-7-9/h4-7H,1,3,10H2,2H3. The van der Waals surface area contributed by atoms with Crippen LogP contribution in [0.2, 0.25) is 0 Å². The van der Waals surface area contributed by atoms with Crippen molar-refractivity contribution in [3.8, 4) is 0 Å². The number of hydrogen-bond donors (Lipinski definition) is 1. The Balaban J connectivity index is 3.08. The van der Waals surface area contributed by atoms with E-state index in [0.717, 1.165) is 6.26 Å². The molecule has 0 spiro atoms. The topological polar surface area (TPSA) is 63.4 Å². The van der Waals surface area contributed by atoms with Gasteiger partial charge in [-0.15, -0.1) is 0 Å². The number of anilines is 2. The van der Waals surface area contributed by atoms with Crippen LogP contribution >= 0.6 is 0 Å². The van der Waals surface area contributed by atoms with Crippen LogP contribution in [0.4, 0.5) is 11.4 Å². The summed E-state index contributed by atoms with van der Waals surface area (Å²) in [6, 6.07) is 6.62. The molecule has 0 fully saturated rings. The second-order valence-electron chi connectivity index (χ2n) is 2.93. The van der Waals surface area contributed by atoms with E-state index in [9.17, 15) is 8.42 Å². The predicted octanol–water partition coefficient (Wildman–Crippen LogP) is 0.869. The summed E-state index contributed by atoms with van der Waals surface area (Å²) >= 11 is 0. The molecule has 0 unspecified atom stereocenters. The first-order chi connectivity index (χ1) is 6.45. The Labute approximate surface area is 84.4 Å². The minimum Gasteiger partial charge on any atom is -0.399 e. The summed E-state index contributed by atoms with van der Waals surface area (Å²) < 4.78 is 23.8. The van der Waals surface area contributed by atoms with Gasteiger partial charge < -0.3 is 5.73 Å². The second-order valence-corrected chi connectivity index (χ2v) is 4.83. The van der Waals surface area contributed by atoms with E-state index in [1.165, 1.54) is 4.31 Å². The van der Waals surface area contributed by atoms with Crippen LogP contribution in [-0.2, 0) is 10.0 Å². The number of benzene rings is 1. The number of rotatable bonds is 3. The molecule has 0 bridgehead atoms. The van der Waals surface area contributed by atoms with Gasteiger partial charge in [0, 0.05) is 12.2 Å². The van der Waals surface area contributed by atoms with E-state index in [-0.39, 0.29) is 6.54 Å². The summed E-state index contributed by atoms with van der Waals surface area (Å²) in [5, 5.41) is 0. The van der Waals surface area contributed by atoms with Crippen LogP contribution in [0.1, 0.15) is 0 Å². The Hall–Kier alpha value is -1.23. The molecule has 1 radical (unpaired) electrons. The third kappa shape index (κ3) is 2.38. The molecule has 0 amide bonds. The highest BCUT2D eigenvalue weighted by Crippen LogP contribution is 2.18. The maximum atomic E-state index is 11.3. The number of sulfonamides is 1. The fourth-order valence-electron chi connectivity index (χ4n) is 1.13. The van der Waals surface area contributed by atoms with Crippen molar-refractivity contribution < 1.29 is 8.42 Å². The van der Waals surface area contributed by atoms with E-state index < -0.39 is 10.0 Å². The van der Waals surface area contributed by atoms with Crippen molar-refractivity contribution >= 4 is 21.4 Å². The molecule has 0 aliphatic heterocycles. The first kappa shape index (κ1) is 10.8. The highest BCUT2D eigenvalue weighted by molar-refractivity contribution is 7.92. The van der Waals surface area contributed by atoms with E-state index in [2.05, 4.69) is 6.92 Å². The number of nitrogens with two attached hydrogens (primary N) is 1. The lowest BCUT2D eigenvalue weighted by molar-refractivity contribution is 0.598. The summed E-state index contributed by atoms with van der Waals surface area (Å²) in [6.07, 6.45) is 1.15. The fourth-order valence-corrected chi connectivity index (χ4v) is 1.96. The van der Waals surface area contributed by atoms with Gasteiger partial charge in [0.2, 0.25) is 10.0 Å². The van der Waals surface area contributed by atoms with Crippen LogP contribution < -0.4 is 10.0 Å². The van der Waals surface area contributed by atoms with Crippen molar-refractivity contribution in [2.45, 2.75) is 0 Å². The first-order valence-electron chi connectivity index (χ1n) is 4.07. The Morgan fingerprint density at radius 3 is 2.21 bits per heavy atom. The van der Waals surface area contributed by atoms with Gasteiger partial charge in [0.1, 0.15) is 0 Å². The van der Waals surface area contributed by atoms with Gasteiger partial charge in [0.05, 0.1) is 11.9 Å². The average Bonchev–Trinajstić information content (AvgIpc) is 2.07. The number of nitrogens with zero attached hydrogens (tertiary/aromatic N) is 1. The molecule has 1 aromatic carbocycles. The molecule has 14 heavy (non-hydrogen) atoms. The minimum atomic E-state index is -3.25. The molecule has 0 saturated heterocycles. The molecule has 77 valence electrons. The highest BCUT2D eigenvalue weighted by atomic mass is 32.2. The molecular weight excluding hydrogens is 200 g/mol. The monoisotopic (exact) mass is 213 g/mol. The normalized spacial score (nSPS) is 11.3. The predicted molar refractivity (Wildman–Crippen MR) is 58.4 cm³/mol. The van der Waals surface area contributed by atoms with E-state index in [1.807, 2.05) is 0 Å². The van der Waals surface area contributed by atoms with Gasteiger partial charge in [-0.3, -0.25) is 4.31 Å². The lowest BCUT2D eigenvalue weighted by atomic mass is 10.3. The summed E-state index contributed by atoms with van der Waals surface area (Å²) in [7, 11) is -3.25. The smallest absolute Gasteiger partial charge is 0.232 e. The fraction of sp³-hybridized carbons (Fsp3) is 0.222. The van der Waals surface area contributed by atoms with Crippen molar-refractivity contribution in [3.05, 3.63) is 31.2 Å². The molecule has 4 nitrogen and oxygen atoms in total. The van der Waals surface area contributed by atoms with Gasteiger partial charge in [-0.05, 0) is 31.2 Å². The van der Waals surface area contributed by atoms with E-state index >= 15 is 0 Å². The third-order valence-electron chi connectivity index (χ3n) is 1.78. The van der Waals surface area contributed by atoms with E-state index in [1.54, 1.807) is 24.3 Å². The number of hydrogen-bond acceptors (Lipinski definition) is 3. The summed E-state index contributed by atoms with van der Waals surface area (Å²) in [5.74, 6) is 0. The van der Waals surface area contributed by atoms with Crippen LogP contribution in [0.25, 0.3) is 0 Å². The molecule has 1 aromatic rings. The Morgan fingerprint density at radius 1 is 1.36 bits per heavy atom. The van der Waals surface area contributed by atoms with Crippen LogP contribution in [0.5, 0.6) is 0 Å². The minimum absolute atomic E-state index is 0.169. The van der Waals surface area contributed by atoms with Crippen molar-refractivity contribution in [3.63, 3.8) is 0 Å². The van der Waals surface area contributed by atoms with Crippen LogP contribution in [-0.4, -0.2) is 21.2 Å². The van der Waals surface area contributed by atoms with Gasteiger partial charge in [-0.1, -0.05) is 0 Å². The summed E-state index contributed by atoms with van der Waals surface area (Å²) in [4.78, 5) is 0. The maximum absolute atomic E-state index is 11.3. The molecule has 0 aliphatic rings. The van der Waals surface area contributed by atoms with Crippen LogP contribution in [0.15, 0.2) is 24.3 Å². The lowest BCUT2D eigenvalue weighted by Crippen LogP contribution is -2.29. The van der Waals surface area contributed by atoms with Gasteiger partial charge in [0.25, 0.3) is 0 Å². The van der Waals surface area contributed by atoms with Crippen LogP contribution in [0, 0.1) is 6.92 Å². The molecular formula is C9H13N2O2S. The molecule has 1 rings (SSSR count). The quantitative estimate of drug-likeness (QED) is 0.758. The average molecular weight is 213 g/mol. The zero-order valence-corrected chi connectivity index (χ0v) is 8.79. The highest BCUT2D eigenvalue weighted by Gasteiger charge is 2.14. The SMILES string of the molecule is [CH2]CN(c1ccc(N)cc1)S(C)(=O)=O. The molecule has 0 atom stereocenters. The van der Waals surface area contributed by atoms with Crippen molar-refractivity contribution in [2.75, 3.05) is 22.8 Å². The van der Waals surface area contributed by atoms with Gasteiger partial charge in [-0.25, -0.2) is 8.42 Å². The van der Waals surface area contributed by atoms with E-state index in [4.69, 9.17) is 5.73 Å². The molecule has 0 aromatic heterocycles. The Morgan fingerprint density at radius 2 is 1.86 bits per heavy atom. The zero-order valence-electron chi connectivity index (χ0n) is 7.97. The largest absolute Gasteiger partial charge is 0.399 e. The van der Waals surface area contributed by atoms with Crippen molar-refractivity contribution in [1.82, 2.24) is 0 Å². The van der Waals surface area contributed by atoms with Gasteiger partial charge in [0.15, 0.2) is 0 Å². The summed E-state index contributed by atoms with van der Waals surface area (Å²) in [5.41, 5.74) is 6.68. The maximum Gasteiger partial charge on any atom is 0.232 e. The number of nitrogen functional groups attached to an aromatic ring is 1. The first-order valence-corrected chi connectivity index (χ1v) is 5.92. The van der Waals surface area contributed by atoms with Crippen molar-refractivity contribution in [1.29, 1.82) is 0 Å². The Bertz CT molecular complexity index is 397. The molecule has 0 saturated carbocycles. The van der Waals surface area contributed by atoms with Crippen LogP contribution in [0.3, 0.4) is 0 Å². The third-order valence-corrected chi connectivity index (χ3v) is 2.98. The van der Waals surface area contributed by atoms with E-state index in [0.29, 0.717) is 11.4 Å².